The number of nitrogens with zero attached hydrogens (tertiary/aromatic N) is 3. The molecule has 3 aromatic heterocycles. The van der Waals surface area contributed by atoms with Gasteiger partial charge in [-0.3, -0.25) is 9.20 Å². The van der Waals surface area contributed by atoms with Crippen LogP contribution in [0.25, 0.3) is 71.6 Å². The molecule has 9 aromatic rings. The maximum absolute atomic E-state index is 14.6. The molecule has 0 N–H and O–H groups in total. The van der Waals surface area contributed by atoms with Gasteiger partial charge in [0.15, 0.2) is 5.82 Å². The minimum absolute atomic E-state index is 0.0241. The van der Waals surface area contributed by atoms with E-state index in [4.69, 9.17) is 0 Å². The van der Waals surface area contributed by atoms with Gasteiger partial charge in [-0.15, -0.1) is 0 Å². The van der Waals surface area contributed by atoms with Crippen LogP contribution in [0.5, 0.6) is 0 Å². The van der Waals surface area contributed by atoms with Gasteiger partial charge in [0.05, 0.1) is 16.4 Å². The van der Waals surface area contributed by atoms with E-state index in [-0.39, 0.29) is 5.56 Å². The minimum atomic E-state index is -0.433. The van der Waals surface area contributed by atoms with Crippen molar-refractivity contribution in [3.8, 4) is 33.6 Å². The summed E-state index contributed by atoms with van der Waals surface area (Å²) in [6.07, 6.45) is 3.46. The van der Waals surface area contributed by atoms with Crippen molar-refractivity contribution in [3.05, 3.63) is 172 Å². The third kappa shape index (κ3) is 2.71. The summed E-state index contributed by atoms with van der Waals surface area (Å²) in [7, 11) is 0. The van der Waals surface area contributed by atoms with Crippen LogP contribution < -0.4 is 5.56 Å². The van der Waals surface area contributed by atoms with Crippen LogP contribution in [0.4, 0.5) is 0 Å². The molecule has 0 aliphatic heterocycles. The Labute approximate surface area is 263 Å². The van der Waals surface area contributed by atoms with E-state index in [9.17, 15) is 4.79 Å². The van der Waals surface area contributed by atoms with Crippen LogP contribution in [0.1, 0.15) is 22.3 Å². The van der Waals surface area contributed by atoms with Gasteiger partial charge >= 0.3 is 0 Å². The van der Waals surface area contributed by atoms with Crippen molar-refractivity contribution >= 4 is 38.0 Å². The van der Waals surface area contributed by atoms with Gasteiger partial charge in [-0.1, -0.05) is 103 Å². The van der Waals surface area contributed by atoms with Crippen LogP contribution in [0.15, 0.2) is 145 Å². The maximum atomic E-state index is 14.6. The van der Waals surface area contributed by atoms with E-state index in [2.05, 4.69) is 113 Å². The molecule has 0 amide bonds. The highest BCUT2D eigenvalue weighted by molar-refractivity contribution is 6.21. The predicted molar refractivity (Wildman–Crippen MR) is 185 cm³/mol. The predicted octanol–water partition coefficient (Wildman–Crippen LogP) is 9.00. The molecule has 1 spiro atoms. The maximum Gasteiger partial charge on any atom is 0.263 e. The summed E-state index contributed by atoms with van der Waals surface area (Å²) < 4.78 is 1.95. The second-order valence-corrected chi connectivity index (χ2v) is 12.5. The van der Waals surface area contributed by atoms with Crippen LogP contribution in [-0.2, 0) is 5.41 Å². The molecule has 2 aliphatic carbocycles. The molecular weight excluding hydrogens is 562 g/mol. The van der Waals surface area contributed by atoms with Crippen molar-refractivity contribution in [1.29, 1.82) is 0 Å². The monoisotopic (exact) mass is 585 g/mol. The molecule has 0 saturated heterocycles. The smallest absolute Gasteiger partial charge is 0.263 e. The first-order chi connectivity index (χ1) is 22.7. The minimum Gasteiger partial charge on any atom is -0.275 e. The second-order valence-electron chi connectivity index (χ2n) is 12.5. The van der Waals surface area contributed by atoms with Crippen molar-refractivity contribution in [1.82, 2.24) is 14.4 Å². The Kier molecular flexibility index (Phi) is 4.38. The van der Waals surface area contributed by atoms with Gasteiger partial charge in [-0.05, 0) is 74.2 Å². The molecule has 6 aromatic carbocycles. The topological polar surface area (TPSA) is 47.3 Å². The number of benzene rings is 6. The molecule has 11 rings (SSSR count). The van der Waals surface area contributed by atoms with Crippen molar-refractivity contribution < 1.29 is 0 Å². The zero-order valence-corrected chi connectivity index (χ0v) is 24.5. The molecule has 0 saturated carbocycles. The van der Waals surface area contributed by atoms with Crippen molar-refractivity contribution in [3.63, 3.8) is 0 Å². The van der Waals surface area contributed by atoms with Gasteiger partial charge in [0, 0.05) is 39.5 Å². The average Bonchev–Trinajstić information content (AvgIpc) is 3.72. The molecule has 4 nitrogen and oxygen atoms in total. The molecule has 0 atom stereocenters. The summed E-state index contributed by atoms with van der Waals surface area (Å²) in [5, 5.41) is 4.86. The van der Waals surface area contributed by atoms with Crippen LogP contribution >= 0.6 is 0 Å². The summed E-state index contributed by atoms with van der Waals surface area (Å²) >= 11 is 0. The Bertz CT molecular complexity index is 2790. The third-order valence-corrected chi connectivity index (χ3v) is 10.5. The first-order valence-electron chi connectivity index (χ1n) is 15.6. The molecule has 46 heavy (non-hydrogen) atoms. The first-order valence-corrected chi connectivity index (χ1v) is 15.6. The van der Waals surface area contributed by atoms with Crippen LogP contribution in [-0.4, -0.2) is 14.4 Å². The van der Waals surface area contributed by atoms with Gasteiger partial charge in [-0.25, -0.2) is 9.97 Å². The molecule has 0 fully saturated rings. The Morgan fingerprint density at radius 3 is 1.76 bits per heavy atom. The summed E-state index contributed by atoms with van der Waals surface area (Å²) in [6, 6.07) is 45.4. The van der Waals surface area contributed by atoms with E-state index in [1.165, 1.54) is 44.5 Å². The van der Waals surface area contributed by atoms with Crippen molar-refractivity contribution in [2.45, 2.75) is 5.41 Å². The molecule has 3 heterocycles. The summed E-state index contributed by atoms with van der Waals surface area (Å²) in [5.41, 5.74) is 12.4. The van der Waals surface area contributed by atoms with Gasteiger partial charge in [0.2, 0.25) is 0 Å². The van der Waals surface area contributed by atoms with Crippen molar-refractivity contribution in [2.24, 2.45) is 0 Å². The molecule has 0 bridgehead atoms. The van der Waals surface area contributed by atoms with E-state index in [1.54, 1.807) is 18.5 Å². The number of para-hydroxylation sites is 1. The number of hydrogen-bond acceptors (Lipinski definition) is 3. The number of fused-ring (bicyclic) bond motifs is 15. The van der Waals surface area contributed by atoms with Crippen LogP contribution in [0, 0.1) is 0 Å². The Balaban J connectivity index is 1.31. The summed E-state index contributed by atoms with van der Waals surface area (Å²) in [4.78, 5) is 23.5. The number of hydrogen-bond donors (Lipinski definition) is 0. The summed E-state index contributed by atoms with van der Waals surface area (Å²) in [6.45, 7) is 0. The third-order valence-electron chi connectivity index (χ3n) is 10.5. The lowest BCUT2D eigenvalue weighted by Crippen LogP contribution is -2.25. The van der Waals surface area contributed by atoms with Gasteiger partial charge < -0.3 is 0 Å². The number of pyridine rings is 1. The van der Waals surface area contributed by atoms with Gasteiger partial charge in [0.25, 0.3) is 5.56 Å². The molecule has 2 aliphatic rings. The molecular formula is C42H23N3O. The van der Waals surface area contributed by atoms with E-state index in [0.717, 1.165) is 38.1 Å². The summed E-state index contributed by atoms with van der Waals surface area (Å²) in [5.74, 6) is 0.608. The zero-order chi connectivity index (χ0) is 30.1. The fourth-order valence-corrected chi connectivity index (χ4v) is 8.74. The highest BCUT2D eigenvalue weighted by Crippen LogP contribution is 2.63. The second kappa shape index (κ2) is 8.32. The van der Waals surface area contributed by atoms with Crippen LogP contribution in [0.2, 0.25) is 0 Å². The fourth-order valence-electron chi connectivity index (χ4n) is 8.74. The van der Waals surface area contributed by atoms with Gasteiger partial charge in [-0.2, -0.15) is 0 Å². The first kappa shape index (κ1) is 24.2. The lowest BCUT2D eigenvalue weighted by Gasteiger charge is -2.30. The standard InChI is InChI=1S/C42H23N3O/c46-41-33-21-24(40-43-19-8-20-44-40)17-18-25(33)29-12-7-13-30-32-22-37-31(23-38(32)45(41)39(29)30)28-11-3-6-16-36(28)42(37)34-14-4-1-9-26(34)27-10-2-5-15-35(27)42/h1-23H. The number of rotatable bonds is 1. The molecule has 0 unspecified atom stereocenters. The van der Waals surface area contributed by atoms with E-state index in [0.29, 0.717) is 11.2 Å². The number of aromatic nitrogens is 3. The molecule has 212 valence electrons. The fraction of sp³-hybridized carbons (Fsp3) is 0.0238. The van der Waals surface area contributed by atoms with Crippen LogP contribution in [0.3, 0.4) is 0 Å². The average molecular weight is 586 g/mol. The highest BCUT2D eigenvalue weighted by atomic mass is 16.1. The van der Waals surface area contributed by atoms with Gasteiger partial charge in [0.1, 0.15) is 0 Å². The molecule has 4 heteroatoms. The molecule has 0 radical (unpaired) electrons. The highest BCUT2D eigenvalue weighted by Gasteiger charge is 2.51. The lowest BCUT2D eigenvalue weighted by molar-refractivity contribution is 0.795. The van der Waals surface area contributed by atoms with E-state index >= 15 is 0 Å². The Morgan fingerprint density at radius 2 is 1.09 bits per heavy atom. The van der Waals surface area contributed by atoms with E-state index in [1.807, 2.05) is 22.6 Å². The SMILES string of the molecule is O=c1c2cc(-c3ncccn3)ccc2c2cccc3c4cc5c(cc4n1c23)-c1ccccc1C51c2ccccc2-c2ccccc21. The Morgan fingerprint density at radius 1 is 0.478 bits per heavy atom. The Hall–Kier alpha value is -6.13. The lowest BCUT2D eigenvalue weighted by atomic mass is 9.70. The normalized spacial score (nSPS) is 13.9. The zero-order valence-electron chi connectivity index (χ0n) is 24.5. The quantitative estimate of drug-likeness (QED) is 0.181. The largest absolute Gasteiger partial charge is 0.275 e. The van der Waals surface area contributed by atoms with E-state index < -0.39 is 5.41 Å². The van der Waals surface area contributed by atoms with Crippen molar-refractivity contribution in [2.75, 3.05) is 0 Å².